The van der Waals surface area contributed by atoms with Gasteiger partial charge in [-0.3, -0.25) is 19.7 Å². The maximum Gasteiger partial charge on any atom is 0.269 e. The third-order valence-electron chi connectivity index (χ3n) is 9.95. The number of nitro groups is 1. The van der Waals surface area contributed by atoms with Gasteiger partial charge < -0.3 is 10.2 Å². The van der Waals surface area contributed by atoms with Crippen LogP contribution in [-0.4, -0.2) is 40.8 Å². The van der Waals surface area contributed by atoms with Crippen molar-refractivity contribution in [1.29, 1.82) is 0 Å². The Bertz CT molecular complexity index is 1050. The molecule has 1 aromatic rings. The normalized spacial score (nSPS) is 38.6. The van der Waals surface area contributed by atoms with Gasteiger partial charge in [0, 0.05) is 36.7 Å². The summed E-state index contributed by atoms with van der Waals surface area (Å²) in [7, 11) is 1.95. The molecule has 0 radical (unpaired) electrons. The molecule has 2 amide bonds. The number of amides is 2. The summed E-state index contributed by atoms with van der Waals surface area (Å²) in [6, 6.07) is 6.77. The maximum atomic E-state index is 12.9. The zero-order chi connectivity index (χ0) is 24.3. The first kappa shape index (κ1) is 23.1. The molecule has 1 heterocycles. The van der Waals surface area contributed by atoms with Crippen LogP contribution in [0.2, 0.25) is 0 Å². The fourth-order valence-electron chi connectivity index (χ4n) is 8.19. The van der Waals surface area contributed by atoms with Gasteiger partial charge in [-0.15, -0.1) is 0 Å². The number of hydrogen-bond acceptors (Lipinski definition) is 4. The van der Waals surface area contributed by atoms with Gasteiger partial charge in [0.25, 0.3) is 5.69 Å². The number of carbonyl (C=O) groups excluding carboxylic acids is 2. The van der Waals surface area contributed by atoms with Crippen LogP contribution in [0.5, 0.6) is 0 Å². The Hall–Kier alpha value is -2.70. The summed E-state index contributed by atoms with van der Waals surface area (Å²) in [4.78, 5) is 37.8. The fraction of sp³-hybridized carbons (Fsp3) is 0.630. The highest BCUT2D eigenvalue weighted by molar-refractivity contribution is 5.89. The highest BCUT2D eigenvalue weighted by Gasteiger charge is 2.60. The summed E-state index contributed by atoms with van der Waals surface area (Å²) >= 11 is 0. The highest BCUT2D eigenvalue weighted by Crippen LogP contribution is 2.63. The number of hydrogen-bond donors (Lipinski definition) is 1. The first-order valence-electron chi connectivity index (χ1n) is 12.6. The van der Waals surface area contributed by atoms with Gasteiger partial charge in [0.1, 0.15) is 0 Å². The number of benzene rings is 1. The van der Waals surface area contributed by atoms with Crippen molar-refractivity contribution in [3.63, 3.8) is 0 Å². The first-order chi connectivity index (χ1) is 16.1. The number of carbonyl (C=O) groups is 2. The first-order valence-corrected chi connectivity index (χ1v) is 12.6. The average molecular weight is 466 g/mol. The molecule has 3 fully saturated rings. The Balaban J connectivity index is 1.30. The average Bonchev–Trinajstić information content (AvgIpc) is 3.13. The van der Waals surface area contributed by atoms with Crippen LogP contribution in [0.3, 0.4) is 0 Å². The number of likely N-dealkylation sites (N-methyl/N-ethyl adjacent to an activating group) is 1. The number of nitro benzene ring substituents is 1. The molecule has 0 aromatic heterocycles. The lowest BCUT2D eigenvalue weighted by Gasteiger charge is -2.60. The van der Waals surface area contributed by atoms with E-state index in [1.54, 1.807) is 18.2 Å². The van der Waals surface area contributed by atoms with Crippen molar-refractivity contribution in [2.24, 2.45) is 28.6 Å². The standard InChI is InChI=1S/C27H35N3O4/c1-26-13-11-21-19(7-10-23-27(21,2)14-12-25(32)29(23)3)20(26)8-9-22(26)28-24(31)16-17-5-4-6-18(15-17)30(33)34/h4-6,12,14-15,19-23H,7-11,13,16H2,1-3H3,(H,28,31)/t19-,20-,21-,22-,23+,26-,27+/m0/s1. The predicted molar refractivity (Wildman–Crippen MR) is 129 cm³/mol. The van der Waals surface area contributed by atoms with E-state index in [1.165, 1.54) is 12.1 Å². The van der Waals surface area contributed by atoms with Gasteiger partial charge in [0.05, 0.1) is 11.3 Å². The molecule has 5 rings (SSSR count). The molecule has 3 saturated carbocycles. The predicted octanol–water partition coefficient (Wildman–Crippen LogP) is 4.26. The lowest BCUT2D eigenvalue weighted by molar-refractivity contribution is -0.384. The minimum atomic E-state index is -0.424. The van der Waals surface area contributed by atoms with E-state index < -0.39 is 4.92 Å². The number of non-ortho nitro benzene ring substituents is 1. The third kappa shape index (κ3) is 3.55. The summed E-state index contributed by atoms with van der Waals surface area (Å²) in [5, 5.41) is 14.4. The van der Waals surface area contributed by atoms with Crippen LogP contribution in [-0.2, 0) is 16.0 Å². The molecule has 7 nitrogen and oxygen atoms in total. The van der Waals surface area contributed by atoms with Gasteiger partial charge in [-0.1, -0.05) is 32.1 Å². The monoisotopic (exact) mass is 465 g/mol. The van der Waals surface area contributed by atoms with Crippen LogP contribution in [0.15, 0.2) is 36.4 Å². The third-order valence-corrected chi connectivity index (χ3v) is 9.95. The summed E-state index contributed by atoms with van der Waals surface area (Å²) in [5.74, 6) is 1.82. The molecule has 4 aliphatic rings. The number of rotatable bonds is 4. The highest BCUT2D eigenvalue weighted by atomic mass is 16.6. The van der Waals surface area contributed by atoms with E-state index in [2.05, 4.69) is 25.2 Å². The van der Waals surface area contributed by atoms with Crippen LogP contribution in [0.25, 0.3) is 0 Å². The Morgan fingerprint density at radius 2 is 1.97 bits per heavy atom. The van der Waals surface area contributed by atoms with Crippen molar-refractivity contribution in [1.82, 2.24) is 10.2 Å². The Labute approximate surface area is 201 Å². The van der Waals surface area contributed by atoms with Gasteiger partial charge in [-0.2, -0.15) is 0 Å². The maximum absolute atomic E-state index is 12.9. The van der Waals surface area contributed by atoms with Crippen LogP contribution in [0, 0.1) is 38.7 Å². The van der Waals surface area contributed by atoms with Crippen LogP contribution in [0.1, 0.15) is 57.9 Å². The molecule has 34 heavy (non-hydrogen) atoms. The largest absolute Gasteiger partial charge is 0.353 e. The summed E-state index contributed by atoms with van der Waals surface area (Å²) < 4.78 is 0. The number of nitrogens with one attached hydrogen (secondary N) is 1. The second-order valence-corrected chi connectivity index (χ2v) is 11.5. The minimum absolute atomic E-state index is 0.0183. The topological polar surface area (TPSA) is 92.6 Å². The van der Waals surface area contributed by atoms with E-state index in [0.717, 1.165) is 38.5 Å². The van der Waals surface area contributed by atoms with Crippen LogP contribution in [0.4, 0.5) is 5.69 Å². The molecule has 7 heteroatoms. The molecule has 0 saturated heterocycles. The molecule has 1 N–H and O–H groups in total. The fourth-order valence-corrected chi connectivity index (χ4v) is 8.19. The van der Waals surface area contributed by atoms with Crippen molar-refractivity contribution >= 4 is 17.5 Å². The van der Waals surface area contributed by atoms with Crippen molar-refractivity contribution in [3.05, 3.63) is 52.1 Å². The molecule has 0 spiro atoms. The van der Waals surface area contributed by atoms with Gasteiger partial charge in [0.2, 0.25) is 11.8 Å². The van der Waals surface area contributed by atoms with Gasteiger partial charge in [0.15, 0.2) is 0 Å². The molecule has 1 aromatic carbocycles. The molecule has 0 unspecified atom stereocenters. The van der Waals surface area contributed by atoms with E-state index in [-0.39, 0.29) is 46.8 Å². The van der Waals surface area contributed by atoms with E-state index in [4.69, 9.17) is 0 Å². The molecular formula is C27H35N3O4. The lowest BCUT2D eigenvalue weighted by atomic mass is 9.48. The molecule has 7 atom stereocenters. The van der Waals surface area contributed by atoms with Gasteiger partial charge in [-0.05, 0) is 73.3 Å². The van der Waals surface area contributed by atoms with Crippen LogP contribution >= 0.6 is 0 Å². The smallest absolute Gasteiger partial charge is 0.269 e. The molecule has 0 bridgehead atoms. The second kappa shape index (κ2) is 8.21. The SMILES string of the molecule is CN1C(=O)C=C[C@]2(C)[C@H]3CC[C@]4(C)[C@@H](NC(=O)Cc5cccc([N+](=O)[O-])c5)CC[C@H]4[C@@H]3CC[C@@H]12. The van der Waals surface area contributed by atoms with Crippen molar-refractivity contribution < 1.29 is 14.5 Å². The molecular weight excluding hydrogens is 430 g/mol. The summed E-state index contributed by atoms with van der Waals surface area (Å²) in [5.41, 5.74) is 0.785. The van der Waals surface area contributed by atoms with E-state index in [9.17, 15) is 19.7 Å². The Morgan fingerprint density at radius 3 is 2.74 bits per heavy atom. The molecule has 3 aliphatic carbocycles. The zero-order valence-electron chi connectivity index (χ0n) is 20.3. The van der Waals surface area contributed by atoms with E-state index in [1.807, 2.05) is 11.9 Å². The molecule has 182 valence electrons. The van der Waals surface area contributed by atoms with E-state index >= 15 is 0 Å². The van der Waals surface area contributed by atoms with Crippen LogP contribution < -0.4 is 5.32 Å². The molecule has 1 aliphatic heterocycles. The van der Waals surface area contributed by atoms with Gasteiger partial charge >= 0.3 is 0 Å². The second-order valence-electron chi connectivity index (χ2n) is 11.5. The van der Waals surface area contributed by atoms with Crippen molar-refractivity contribution in [2.45, 2.75) is 70.9 Å². The van der Waals surface area contributed by atoms with E-state index in [0.29, 0.717) is 23.3 Å². The minimum Gasteiger partial charge on any atom is -0.353 e. The Morgan fingerprint density at radius 1 is 1.18 bits per heavy atom. The number of fused-ring (bicyclic) bond motifs is 5. The zero-order valence-corrected chi connectivity index (χ0v) is 20.3. The number of nitrogens with zero attached hydrogens (tertiary/aromatic N) is 2. The van der Waals surface area contributed by atoms with Crippen molar-refractivity contribution in [2.75, 3.05) is 7.05 Å². The lowest BCUT2D eigenvalue weighted by Crippen LogP contribution is -2.60. The van der Waals surface area contributed by atoms with Crippen molar-refractivity contribution in [3.8, 4) is 0 Å². The quantitative estimate of drug-likeness (QED) is 0.531. The van der Waals surface area contributed by atoms with Gasteiger partial charge in [-0.25, -0.2) is 0 Å². The Kier molecular flexibility index (Phi) is 5.57. The summed E-state index contributed by atoms with van der Waals surface area (Å²) in [6.07, 6.45) is 10.6. The summed E-state index contributed by atoms with van der Waals surface area (Å²) in [6.45, 7) is 4.71.